The molecule has 0 bridgehead atoms. The van der Waals surface area contributed by atoms with Crippen LogP contribution < -0.4 is 10.6 Å². The predicted octanol–water partition coefficient (Wildman–Crippen LogP) is 1.20. The molecule has 2 aliphatic rings. The molecule has 9 heteroatoms. The number of carbonyl (C=O) groups is 3. The summed E-state index contributed by atoms with van der Waals surface area (Å²) in [7, 11) is 3.27. The summed E-state index contributed by atoms with van der Waals surface area (Å²) in [4.78, 5) is 44.7. The Morgan fingerprint density at radius 2 is 2.00 bits per heavy atom. The van der Waals surface area contributed by atoms with Crippen LogP contribution >= 0.6 is 0 Å². The van der Waals surface area contributed by atoms with E-state index in [1.165, 1.54) is 20.3 Å². The van der Waals surface area contributed by atoms with Crippen LogP contribution in [0, 0.1) is 6.92 Å². The molecule has 2 aliphatic heterocycles. The number of rotatable bonds is 5. The second kappa shape index (κ2) is 6.98. The van der Waals surface area contributed by atoms with Gasteiger partial charge in [0, 0.05) is 37.2 Å². The molecule has 4 rings (SSSR count). The molecule has 0 aliphatic carbocycles. The third-order valence-corrected chi connectivity index (χ3v) is 5.81. The van der Waals surface area contributed by atoms with Crippen molar-refractivity contribution in [1.82, 2.24) is 30.3 Å². The highest BCUT2D eigenvalue weighted by Gasteiger charge is 2.52. The molecule has 3 unspecified atom stereocenters. The molecule has 3 N–H and O–H groups in total. The summed E-state index contributed by atoms with van der Waals surface area (Å²) >= 11 is 0. The molecule has 0 radical (unpaired) electrons. The number of fused-ring (bicyclic) bond motifs is 2. The third-order valence-electron chi connectivity index (χ3n) is 5.81. The lowest BCUT2D eigenvalue weighted by Crippen LogP contribution is -2.49. The molecule has 29 heavy (non-hydrogen) atoms. The van der Waals surface area contributed by atoms with Crippen molar-refractivity contribution in [2.24, 2.45) is 0 Å². The monoisotopic (exact) mass is 398 g/mol. The van der Waals surface area contributed by atoms with Crippen molar-refractivity contribution >= 4 is 28.9 Å². The van der Waals surface area contributed by atoms with Crippen LogP contribution in [-0.4, -0.2) is 76.7 Å². The number of benzene rings is 1. The predicted molar refractivity (Wildman–Crippen MR) is 108 cm³/mol. The van der Waals surface area contributed by atoms with E-state index in [2.05, 4.69) is 34.7 Å². The lowest BCUT2D eigenvalue weighted by molar-refractivity contribution is -0.122. The number of nitrogens with one attached hydrogen (secondary N) is 3. The highest BCUT2D eigenvalue weighted by molar-refractivity contribution is 5.89. The lowest BCUT2D eigenvalue weighted by Gasteiger charge is -2.26. The molecule has 2 fully saturated rings. The fourth-order valence-corrected chi connectivity index (χ4v) is 4.33. The highest BCUT2D eigenvalue weighted by Crippen LogP contribution is 2.26. The molecule has 3 atom stereocenters. The Morgan fingerprint density at radius 1 is 1.24 bits per heavy atom. The number of amides is 5. The Morgan fingerprint density at radius 3 is 2.76 bits per heavy atom. The van der Waals surface area contributed by atoms with Gasteiger partial charge in [0.25, 0.3) is 0 Å². The maximum absolute atomic E-state index is 12.6. The molecule has 154 valence electrons. The number of nitrogens with zero attached hydrogens (tertiary/aromatic N) is 3. The second-order valence-corrected chi connectivity index (χ2v) is 7.92. The topological polar surface area (TPSA) is 101 Å². The van der Waals surface area contributed by atoms with Gasteiger partial charge in [0.1, 0.15) is 18.9 Å². The zero-order valence-corrected chi connectivity index (χ0v) is 17.0. The summed E-state index contributed by atoms with van der Waals surface area (Å²) in [6.45, 7) is 3.90. The van der Waals surface area contributed by atoms with E-state index in [9.17, 15) is 14.4 Å². The smallest absolute Gasteiger partial charge is 0.323 e. The van der Waals surface area contributed by atoms with Gasteiger partial charge in [0.15, 0.2) is 0 Å². The quantitative estimate of drug-likeness (QED) is 0.705. The van der Waals surface area contributed by atoms with Gasteiger partial charge in [-0.05, 0) is 31.4 Å². The van der Waals surface area contributed by atoms with Gasteiger partial charge in [-0.15, -0.1) is 0 Å². The van der Waals surface area contributed by atoms with E-state index in [0.29, 0.717) is 6.42 Å². The normalized spacial score (nSPS) is 22.3. The van der Waals surface area contributed by atoms with Gasteiger partial charge in [0.05, 0.1) is 0 Å². The number of urea groups is 2. The summed E-state index contributed by atoms with van der Waals surface area (Å²) in [5.74, 6) is -0.250. The molecule has 9 nitrogen and oxygen atoms in total. The van der Waals surface area contributed by atoms with Crippen LogP contribution in [-0.2, 0) is 11.2 Å². The minimum atomic E-state index is -0.488. The van der Waals surface area contributed by atoms with E-state index in [4.69, 9.17) is 0 Å². The van der Waals surface area contributed by atoms with Crippen molar-refractivity contribution in [3.05, 3.63) is 35.5 Å². The number of likely N-dealkylation sites (N-methyl/N-ethyl adjacent to an activating group) is 2. The average molecular weight is 398 g/mol. The van der Waals surface area contributed by atoms with E-state index < -0.39 is 12.3 Å². The first-order chi connectivity index (χ1) is 13.8. The van der Waals surface area contributed by atoms with E-state index >= 15 is 0 Å². The number of aromatic amines is 1. The lowest BCUT2D eigenvalue weighted by atomic mass is 10.0. The van der Waals surface area contributed by atoms with E-state index in [-0.39, 0.29) is 30.6 Å². The highest BCUT2D eigenvalue weighted by atomic mass is 16.2. The summed E-state index contributed by atoms with van der Waals surface area (Å²) in [5, 5.41) is 6.89. The number of H-pyrrole nitrogens is 1. The molecule has 0 saturated carbocycles. The Hall–Kier alpha value is -3.23. The Balaban J connectivity index is 1.40. The second-order valence-electron chi connectivity index (χ2n) is 7.92. The molecule has 0 spiro atoms. The van der Waals surface area contributed by atoms with E-state index in [1.807, 2.05) is 19.2 Å². The summed E-state index contributed by atoms with van der Waals surface area (Å²) in [6.07, 6.45) is 1.72. The van der Waals surface area contributed by atoms with Crippen molar-refractivity contribution in [2.75, 3.05) is 20.6 Å². The molecule has 5 amide bonds. The fourth-order valence-electron chi connectivity index (χ4n) is 4.33. The molecule has 2 saturated heterocycles. The van der Waals surface area contributed by atoms with Crippen LogP contribution in [0.5, 0.6) is 0 Å². The van der Waals surface area contributed by atoms with Gasteiger partial charge in [-0.25, -0.2) is 9.59 Å². The largest absolute Gasteiger partial charge is 0.361 e. The van der Waals surface area contributed by atoms with Gasteiger partial charge in [-0.3, -0.25) is 9.69 Å². The number of aromatic nitrogens is 1. The van der Waals surface area contributed by atoms with E-state index in [0.717, 1.165) is 16.5 Å². The van der Waals surface area contributed by atoms with Gasteiger partial charge in [-0.2, -0.15) is 0 Å². The van der Waals surface area contributed by atoms with Crippen LogP contribution in [0.3, 0.4) is 0 Å². The Bertz CT molecular complexity index is 986. The van der Waals surface area contributed by atoms with Crippen molar-refractivity contribution in [1.29, 1.82) is 0 Å². The van der Waals surface area contributed by atoms with Crippen molar-refractivity contribution in [3.8, 4) is 0 Å². The Kier molecular flexibility index (Phi) is 4.60. The first-order valence-corrected chi connectivity index (χ1v) is 9.69. The minimum absolute atomic E-state index is 0.101. The SMILES string of the molecule is Cc1cccc2c(CC(C)NC(=O)CN3C(=O)NC4C3N(C)C(=O)N4C)c[nH]c12. The number of hydrogen-bond acceptors (Lipinski definition) is 3. The number of carbonyl (C=O) groups excluding carboxylic acids is 3. The summed E-state index contributed by atoms with van der Waals surface area (Å²) in [6, 6.07) is 5.52. The minimum Gasteiger partial charge on any atom is -0.361 e. The molecule has 1 aromatic carbocycles. The van der Waals surface area contributed by atoms with Crippen LogP contribution in [0.2, 0.25) is 0 Å². The number of para-hydroxylation sites is 1. The van der Waals surface area contributed by atoms with Crippen molar-refractivity contribution in [2.45, 2.75) is 38.6 Å². The zero-order chi connectivity index (χ0) is 20.9. The van der Waals surface area contributed by atoms with Crippen molar-refractivity contribution in [3.63, 3.8) is 0 Å². The van der Waals surface area contributed by atoms with Gasteiger partial charge < -0.3 is 25.4 Å². The Labute approximate surface area is 169 Å². The first kappa shape index (κ1) is 19.1. The van der Waals surface area contributed by atoms with Crippen LogP contribution in [0.4, 0.5) is 9.59 Å². The first-order valence-electron chi connectivity index (χ1n) is 9.69. The number of aryl methyl sites for hydroxylation is 1. The molecular weight excluding hydrogens is 372 g/mol. The molecule has 1 aromatic heterocycles. The van der Waals surface area contributed by atoms with Crippen LogP contribution in [0.25, 0.3) is 10.9 Å². The molecule has 2 aromatic rings. The molecule has 3 heterocycles. The maximum atomic E-state index is 12.6. The zero-order valence-electron chi connectivity index (χ0n) is 17.0. The summed E-state index contributed by atoms with van der Waals surface area (Å²) in [5.41, 5.74) is 3.43. The van der Waals surface area contributed by atoms with E-state index in [1.54, 1.807) is 14.1 Å². The van der Waals surface area contributed by atoms with Gasteiger partial charge >= 0.3 is 12.1 Å². The van der Waals surface area contributed by atoms with Crippen LogP contribution in [0.15, 0.2) is 24.4 Å². The molecular formula is C20H26N6O3. The standard InChI is InChI=1S/C20H26N6O3/c1-11-6-5-7-14-13(9-21-16(11)14)8-12(2)22-15(27)10-26-18-17(23-19(26)28)24(3)20(29)25(18)4/h5-7,9,12,17-18,21H,8,10H2,1-4H3,(H,22,27)(H,23,28). The number of hydrogen-bond donors (Lipinski definition) is 3. The summed E-state index contributed by atoms with van der Waals surface area (Å²) < 4.78 is 0. The third kappa shape index (κ3) is 3.16. The van der Waals surface area contributed by atoms with Crippen LogP contribution in [0.1, 0.15) is 18.1 Å². The maximum Gasteiger partial charge on any atom is 0.323 e. The average Bonchev–Trinajstić information content (AvgIpc) is 3.28. The fraction of sp³-hybridized carbons (Fsp3) is 0.450. The van der Waals surface area contributed by atoms with Crippen molar-refractivity contribution < 1.29 is 14.4 Å². The van der Waals surface area contributed by atoms with Gasteiger partial charge in [0.2, 0.25) is 5.91 Å². The van der Waals surface area contributed by atoms with Gasteiger partial charge in [-0.1, -0.05) is 18.2 Å².